The van der Waals surface area contributed by atoms with Crippen molar-refractivity contribution in [1.29, 1.82) is 0 Å². The summed E-state index contributed by atoms with van der Waals surface area (Å²) in [4.78, 5) is 24.0. The van der Waals surface area contributed by atoms with Gasteiger partial charge in [0.1, 0.15) is 11.9 Å². The van der Waals surface area contributed by atoms with Crippen molar-refractivity contribution >= 4 is 20.7 Å². The highest BCUT2D eigenvalue weighted by molar-refractivity contribution is 6.74. The summed E-state index contributed by atoms with van der Waals surface area (Å²) in [5, 5.41) is 10.7. The maximum Gasteiger partial charge on any atom is 0.418 e. The van der Waals surface area contributed by atoms with Crippen LogP contribution in [0.25, 0.3) is 0 Å². The Morgan fingerprint density at radius 1 is 1.17 bits per heavy atom. The first-order valence-corrected chi connectivity index (χ1v) is 13.1. The van der Waals surface area contributed by atoms with Gasteiger partial charge in [0.05, 0.1) is 17.9 Å². The molecule has 166 valence electrons. The van der Waals surface area contributed by atoms with E-state index in [1.165, 1.54) is 4.57 Å². The summed E-state index contributed by atoms with van der Waals surface area (Å²) in [6.07, 6.45) is 0.442. The number of hydrogen-bond donors (Lipinski definition) is 1. The number of carbonyl (C=O) groups excluding carboxylic acids is 2. The van der Waals surface area contributed by atoms with Crippen LogP contribution >= 0.6 is 0 Å². The summed E-state index contributed by atoms with van der Waals surface area (Å²) in [6, 6.07) is 3.58. The minimum Gasteiger partial charge on any atom is -0.443 e. The predicted molar refractivity (Wildman–Crippen MR) is 117 cm³/mol. The van der Waals surface area contributed by atoms with Crippen LogP contribution in [0.5, 0.6) is 0 Å². The molecule has 6 nitrogen and oxygen atoms in total. The zero-order chi connectivity index (χ0) is 22.8. The second kappa shape index (κ2) is 9.14. The van der Waals surface area contributed by atoms with E-state index in [0.717, 1.165) is 6.29 Å². The van der Waals surface area contributed by atoms with Crippen LogP contribution in [0.15, 0.2) is 18.3 Å². The van der Waals surface area contributed by atoms with Gasteiger partial charge >= 0.3 is 6.09 Å². The van der Waals surface area contributed by atoms with E-state index in [2.05, 4.69) is 33.9 Å². The van der Waals surface area contributed by atoms with E-state index < -0.39 is 44.1 Å². The van der Waals surface area contributed by atoms with Crippen molar-refractivity contribution in [3.8, 4) is 0 Å². The molecule has 4 atom stereocenters. The lowest BCUT2D eigenvalue weighted by atomic mass is 9.89. The van der Waals surface area contributed by atoms with Crippen LogP contribution in [0, 0.1) is 11.8 Å². The van der Waals surface area contributed by atoms with E-state index in [4.69, 9.17) is 9.16 Å². The largest absolute Gasteiger partial charge is 0.443 e. The molecule has 0 aromatic carbocycles. The smallest absolute Gasteiger partial charge is 0.418 e. The van der Waals surface area contributed by atoms with Crippen molar-refractivity contribution in [1.82, 2.24) is 4.57 Å². The van der Waals surface area contributed by atoms with Gasteiger partial charge in [0, 0.05) is 18.0 Å². The quantitative estimate of drug-likeness (QED) is 0.482. The van der Waals surface area contributed by atoms with Gasteiger partial charge in [0.25, 0.3) is 0 Å². The molecule has 1 aromatic heterocycles. The minimum atomic E-state index is -2.25. The summed E-state index contributed by atoms with van der Waals surface area (Å²) in [5.41, 5.74) is -0.0142. The minimum absolute atomic E-state index is 0.0600. The number of ether oxygens (including phenoxy) is 1. The summed E-state index contributed by atoms with van der Waals surface area (Å²) >= 11 is 0. The molecular formula is C22H39NO5Si. The fraction of sp³-hybridized carbons (Fsp3) is 0.727. The van der Waals surface area contributed by atoms with Crippen LogP contribution in [-0.2, 0) is 14.0 Å². The molecule has 0 spiro atoms. The first-order chi connectivity index (χ1) is 13.0. The molecule has 0 saturated carbocycles. The molecule has 0 aliphatic carbocycles. The molecule has 1 N–H and O–H groups in total. The van der Waals surface area contributed by atoms with Crippen LogP contribution in [0.1, 0.15) is 67.2 Å². The zero-order valence-electron chi connectivity index (χ0n) is 19.6. The Kier molecular flexibility index (Phi) is 8.07. The van der Waals surface area contributed by atoms with Gasteiger partial charge in [-0.25, -0.2) is 4.79 Å². The number of hydrogen-bond acceptors (Lipinski definition) is 5. The fourth-order valence-corrected chi connectivity index (χ4v) is 4.10. The highest BCUT2D eigenvalue weighted by Crippen LogP contribution is 2.42. The Balaban J connectivity index is 3.41. The third-order valence-corrected chi connectivity index (χ3v) is 10.1. The van der Waals surface area contributed by atoms with E-state index in [1.54, 1.807) is 19.2 Å². The van der Waals surface area contributed by atoms with Gasteiger partial charge in [-0.15, -0.1) is 0 Å². The van der Waals surface area contributed by atoms with Gasteiger partial charge in [0.2, 0.25) is 0 Å². The topological polar surface area (TPSA) is 77.8 Å². The van der Waals surface area contributed by atoms with Crippen LogP contribution in [0.2, 0.25) is 18.1 Å². The maximum atomic E-state index is 12.8. The van der Waals surface area contributed by atoms with Gasteiger partial charge < -0.3 is 19.1 Å². The summed E-state index contributed by atoms with van der Waals surface area (Å²) in [6.45, 7) is 19.7. The average Bonchev–Trinajstić information content (AvgIpc) is 3.04. The van der Waals surface area contributed by atoms with E-state index >= 15 is 0 Å². The molecule has 0 bridgehead atoms. The van der Waals surface area contributed by atoms with Crippen molar-refractivity contribution in [2.24, 2.45) is 11.8 Å². The summed E-state index contributed by atoms with van der Waals surface area (Å²) in [5.74, 6) is -0.944. The average molecular weight is 426 g/mol. The first kappa shape index (κ1) is 25.6. The van der Waals surface area contributed by atoms with Crippen LogP contribution in [0.3, 0.4) is 0 Å². The number of nitrogens with zero attached hydrogens (tertiary/aromatic N) is 1. The maximum absolute atomic E-state index is 12.8. The Bertz CT molecular complexity index is 699. The van der Waals surface area contributed by atoms with E-state index in [9.17, 15) is 14.7 Å². The number of aldehydes is 1. The Morgan fingerprint density at radius 3 is 2.17 bits per heavy atom. The molecule has 0 aliphatic heterocycles. The van der Waals surface area contributed by atoms with E-state index in [0.29, 0.717) is 5.69 Å². The van der Waals surface area contributed by atoms with E-state index in [-0.39, 0.29) is 5.04 Å². The predicted octanol–water partition coefficient (Wildman–Crippen LogP) is 5.17. The van der Waals surface area contributed by atoms with Crippen molar-refractivity contribution in [3.63, 3.8) is 0 Å². The van der Waals surface area contributed by atoms with Crippen molar-refractivity contribution in [2.75, 3.05) is 0 Å². The molecule has 1 aromatic rings. The lowest BCUT2D eigenvalue weighted by Crippen LogP contribution is -2.45. The number of rotatable bonds is 7. The molecular weight excluding hydrogens is 386 g/mol. The lowest BCUT2D eigenvalue weighted by Gasteiger charge is -2.42. The Morgan fingerprint density at radius 2 is 1.72 bits per heavy atom. The van der Waals surface area contributed by atoms with Gasteiger partial charge in [-0.1, -0.05) is 34.6 Å². The molecule has 29 heavy (non-hydrogen) atoms. The molecule has 0 radical (unpaired) electrons. The second-order valence-electron chi connectivity index (χ2n) is 10.4. The number of aliphatic hydroxyl groups excluding tert-OH is 1. The summed E-state index contributed by atoms with van der Waals surface area (Å²) in [7, 11) is -2.25. The number of aromatic nitrogens is 1. The van der Waals surface area contributed by atoms with Crippen molar-refractivity contribution < 1.29 is 23.9 Å². The lowest BCUT2D eigenvalue weighted by molar-refractivity contribution is -0.115. The van der Waals surface area contributed by atoms with E-state index in [1.807, 2.05) is 33.8 Å². The van der Waals surface area contributed by atoms with Crippen LogP contribution < -0.4 is 0 Å². The molecule has 0 saturated heterocycles. The number of aliphatic hydroxyl groups is 1. The van der Waals surface area contributed by atoms with Gasteiger partial charge in [0.15, 0.2) is 8.32 Å². The standard InChI is InChI=1S/C22H39NO5Si/c1-15(14-24)18(25)16(2)19(28-29(9,10)22(6,7)8)17-12-11-13-23(17)20(26)27-21(3,4)5/h11-16,18-19,25H,1-10H3/t15-,16+,18+,19-/m0/s1. The van der Waals surface area contributed by atoms with Gasteiger partial charge in [-0.3, -0.25) is 4.57 Å². The molecule has 1 rings (SSSR count). The Hall–Kier alpha value is -1.44. The van der Waals surface area contributed by atoms with Crippen LogP contribution in [0.4, 0.5) is 4.79 Å². The first-order valence-electron chi connectivity index (χ1n) is 10.2. The Labute approximate surface area is 176 Å². The normalized spacial score (nSPS) is 17.3. The monoisotopic (exact) mass is 425 g/mol. The highest BCUT2D eigenvalue weighted by atomic mass is 28.4. The van der Waals surface area contributed by atoms with Gasteiger partial charge in [-0.05, 0) is 51.0 Å². The molecule has 7 heteroatoms. The highest BCUT2D eigenvalue weighted by Gasteiger charge is 2.43. The second-order valence-corrected chi connectivity index (χ2v) is 15.2. The molecule has 0 amide bonds. The molecule has 0 fully saturated rings. The van der Waals surface area contributed by atoms with Crippen LogP contribution in [-0.4, -0.2) is 42.1 Å². The molecule has 0 aliphatic rings. The van der Waals surface area contributed by atoms with Crippen molar-refractivity contribution in [3.05, 3.63) is 24.0 Å². The fourth-order valence-electron chi connectivity index (χ4n) is 2.77. The third-order valence-electron chi connectivity index (χ3n) is 5.66. The molecule has 1 heterocycles. The summed E-state index contributed by atoms with van der Waals surface area (Å²) < 4.78 is 13.7. The number of carbonyl (C=O) groups is 2. The third kappa shape index (κ3) is 6.52. The molecule has 0 unspecified atom stereocenters. The van der Waals surface area contributed by atoms with Gasteiger partial charge in [-0.2, -0.15) is 0 Å². The van der Waals surface area contributed by atoms with Crippen molar-refractivity contribution in [2.45, 2.75) is 91.3 Å². The SMILES string of the molecule is C[C@H]([C@H](O)[C@@H](C)C=O)[C@H](O[Si](C)(C)C(C)(C)C)c1cccn1C(=O)OC(C)(C)C. The zero-order valence-corrected chi connectivity index (χ0v) is 20.6.